The second kappa shape index (κ2) is 3.89. The Hall–Kier alpha value is -2.38. The number of hydrogen-bond acceptors (Lipinski definition) is 5. The highest BCUT2D eigenvalue weighted by Crippen LogP contribution is 2.06. The molecule has 2 rings (SSSR count). The number of aliphatic carboxylic acids is 1. The van der Waals surface area contributed by atoms with E-state index in [0.717, 1.165) is 0 Å². The highest BCUT2D eigenvalue weighted by atomic mass is 16.4. The predicted octanol–water partition coefficient (Wildman–Crippen LogP) is -0.458. The summed E-state index contributed by atoms with van der Waals surface area (Å²) < 4.78 is 1.58. The first-order valence-corrected chi connectivity index (χ1v) is 4.89. The van der Waals surface area contributed by atoms with Crippen LogP contribution in [0.3, 0.4) is 0 Å². The number of nitrogens with zero attached hydrogens (tertiary/aromatic N) is 3. The first-order valence-electron chi connectivity index (χ1n) is 4.89. The molecule has 2 aromatic heterocycles. The van der Waals surface area contributed by atoms with Crippen LogP contribution in [0.25, 0.3) is 11.2 Å². The zero-order chi connectivity index (χ0) is 12.6. The van der Waals surface area contributed by atoms with Gasteiger partial charge in [-0.25, -0.2) is 4.98 Å². The van der Waals surface area contributed by atoms with E-state index in [9.17, 15) is 9.59 Å². The van der Waals surface area contributed by atoms with Crippen LogP contribution in [0.4, 0.5) is 5.95 Å². The van der Waals surface area contributed by atoms with Gasteiger partial charge in [0.2, 0.25) is 5.95 Å². The van der Waals surface area contributed by atoms with Crippen molar-refractivity contribution in [2.45, 2.75) is 13.0 Å². The predicted molar refractivity (Wildman–Crippen MR) is 59.9 cm³/mol. The summed E-state index contributed by atoms with van der Waals surface area (Å²) in [5.41, 5.74) is 0.213. The van der Waals surface area contributed by atoms with Gasteiger partial charge in [-0.05, 0) is 6.92 Å². The molecule has 0 bridgehead atoms. The molecule has 1 unspecified atom stereocenters. The van der Waals surface area contributed by atoms with Crippen molar-refractivity contribution in [3.05, 3.63) is 16.7 Å². The number of carboxylic acid groups (broad SMARTS) is 1. The number of nitrogens with one attached hydrogen (secondary N) is 2. The minimum absolute atomic E-state index is 0.112. The van der Waals surface area contributed by atoms with Gasteiger partial charge in [-0.15, -0.1) is 0 Å². The summed E-state index contributed by atoms with van der Waals surface area (Å²) >= 11 is 0. The van der Waals surface area contributed by atoms with Crippen molar-refractivity contribution in [3.8, 4) is 0 Å². The van der Waals surface area contributed by atoms with E-state index in [0.29, 0.717) is 5.65 Å². The lowest BCUT2D eigenvalue weighted by Gasteiger charge is -2.09. The summed E-state index contributed by atoms with van der Waals surface area (Å²) in [5, 5.41) is 11.3. The normalized spacial score (nSPS) is 12.6. The zero-order valence-corrected chi connectivity index (χ0v) is 9.26. The number of fused-ring (bicyclic) bond motifs is 1. The molecule has 0 saturated heterocycles. The van der Waals surface area contributed by atoms with Crippen LogP contribution in [0.5, 0.6) is 0 Å². The van der Waals surface area contributed by atoms with E-state index in [1.165, 1.54) is 13.3 Å². The molecule has 0 amide bonds. The summed E-state index contributed by atoms with van der Waals surface area (Å²) in [6, 6.07) is -0.844. The Bertz CT molecular complexity index is 629. The van der Waals surface area contributed by atoms with Crippen LogP contribution in [-0.4, -0.2) is 36.6 Å². The molecule has 3 N–H and O–H groups in total. The molecular formula is C9H11N5O3. The molecule has 8 nitrogen and oxygen atoms in total. The van der Waals surface area contributed by atoms with E-state index in [1.807, 2.05) is 0 Å². The third kappa shape index (κ3) is 1.96. The molecule has 0 fully saturated rings. The van der Waals surface area contributed by atoms with Gasteiger partial charge in [-0.2, -0.15) is 4.98 Å². The monoisotopic (exact) mass is 237 g/mol. The van der Waals surface area contributed by atoms with Gasteiger partial charge in [0.25, 0.3) is 5.56 Å². The Labute approximate surface area is 95.3 Å². The summed E-state index contributed by atoms with van der Waals surface area (Å²) in [4.78, 5) is 32.7. The molecule has 2 aromatic rings. The minimum atomic E-state index is -1.03. The van der Waals surface area contributed by atoms with E-state index in [-0.39, 0.29) is 11.5 Å². The number of hydrogen-bond donors (Lipinski definition) is 3. The summed E-state index contributed by atoms with van der Waals surface area (Å²) in [5.74, 6) is -0.918. The molecule has 17 heavy (non-hydrogen) atoms. The van der Waals surface area contributed by atoms with Crippen molar-refractivity contribution in [3.63, 3.8) is 0 Å². The van der Waals surface area contributed by atoms with Crippen LogP contribution in [0.1, 0.15) is 6.92 Å². The van der Waals surface area contributed by atoms with Gasteiger partial charge in [0.15, 0.2) is 11.2 Å². The second-order valence-corrected chi connectivity index (χ2v) is 3.65. The van der Waals surface area contributed by atoms with E-state index >= 15 is 0 Å². The Morgan fingerprint density at radius 1 is 1.65 bits per heavy atom. The van der Waals surface area contributed by atoms with Crippen LogP contribution in [-0.2, 0) is 11.8 Å². The van der Waals surface area contributed by atoms with Crippen LogP contribution < -0.4 is 10.9 Å². The lowest BCUT2D eigenvalue weighted by molar-refractivity contribution is -0.137. The average Bonchev–Trinajstić information content (AvgIpc) is 2.61. The molecule has 8 heteroatoms. The Morgan fingerprint density at radius 2 is 2.35 bits per heavy atom. The van der Waals surface area contributed by atoms with Gasteiger partial charge >= 0.3 is 5.97 Å². The summed E-state index contributed by atoms with van der Waals surface area (Å²) in [7, 11) is 1.70. The zero-order valence-electron chi connectivity index (χ0n) is 9.26. The smallest absolute Gasteiger partial charge is 0.325 e. The number of carbonyl (C=O) groups is 1. The first-order chi connectivity index (χ1) is 7.99. The standard InChI is InChI=1S/C9H11N5O3/c1-4(8(16)17)11-9-12-6-5(7(15)13-9)10-3-14(6)2/h3-4H,1-2H3,(H,16,17)(H2,11,12,13,15). The molecule has 0 aliphatic heterocycles. The van der Waals surface area contributed by atoms with Crippen molar-refractivity contribution < 1.29 is 9.90 Å². The van der Waals surface area contributed by atoms with E-state index in [4.69, 9.17) is 5.11 Å². The van der Waals surface area contributed by atoms with Crippen molar-refractivity contribution in [2.75, 3.05) is 5.32 Å². The van der Waals surface area contributed by atoms with Crippen LogP contribution in [0.2, 0.25) is 0 Å². The number of H-pyrrole nitrogens is 1. The van der Waals surface area contributed by atoms with Gasteiger partial charge in [0.05, 0.1) is 6.33 Å². The van der Waals surface area contributed by atoms with E-state index in [2.05, 4.69) is 20.3 Å². The van der Waals surface area contributed by atoms with Crippen molar-refractivity contribution in [2.24, 2.45) is 7.05 Å². The maximum atomic E-state index is 11.6. The number of aromatic nitrogens is 4. The van der Waals surface area contributed by atoms with Crippen molar-refractivity contribution in [1.82, 2.24) is 19.5 Å². The number of anilines is 1. The quantitative estimate of drug-likeness (QED) is 0.665. The number of imidazole rings is 1. The molecule has 0 aliphatic rings. The topological polar surface area (TPSA) is 113 Å². The van der Waals surface area contributed by atoms with Crippen molar-refractivity contribution >= 4 is 23.1 Å². The lowest BCUT2D eigenvalue weighted by atomic mass is 10.3. The molecule has 0 aromatic carbocycles. The maximum Gasteiger partial charge on any atom is 0.325 e. The number of rotatable bonds is 3. The van der Waals surface area contributed by atoms with Gasteiger partial charge in [0.1, 0.15) is 6.04 Å². The molecule has 2 heterocycles. The Morgan fingerprint density at radius 3 is 3.00 bits per heavy atom. The average molecular weight is 237 g/mol. The van der Waals surface area contributed by atoms with Crippen molar-refractivity contribution in [1.29, 1.82) is 0 Å². The van der Waals surface area contributed by atoms with Gasteiger partial charge in [-0.1, -0.05) is 0 Å². The molecular weight excluding hydrogens is 226 g/mol. The van der Waals surface area contributed by atoms with Gasteiger partial charge < -0.3 is 15.0 Å². The fraction of sp³-hybridized carbons (Fsp3) is 0.333. The molecule has 90 valence electrons. The van der Waals surface area contributed by atoms with Crippen LogP contribution >= 0.6 is 0 Å². The summed E-state index contributed by atoms with van der Waals surface area (Å²) in [6.07, 6.45) is 1.47. The Balaban J connectivity index is 2.46. The number of aromatic amines is 1. The molecule has 1 atom stereocenters. The third-order valence-corrected chi connectivity index (χ3v) is 2.29. The third-order valence-electron chi connectivity index (χ3n) is 2.29. The maximum absolute atomic E-state index is 11.6. The van der Waals surface area contributed by atoms with Gasteiger partial charge in [0, 0.05) is 7.05 Å². The molecule has 0 radical (unpaired) electrons. The second-order valence-electron chi connectivity index (χ2n) is 3.65. The largest absolute Gasteiger partial charge is 0.480 e. The fourth-order valence-electron chi connectivity index (χ4n) is 1.35. The summed E-state index contributed by atoms with van der Waals surface area (Å²) in [6.45, 7) is 1.45. The highest BCUT2D eigenvalue weighted by Gasteiger charge is 2.13. The number of aryl methyl sites for hydroxylation is 1. The van der Waals surface area contributed by atoms with Crippen LogP contribution in [0, 0.1) is 0 Å². The molecule has 0 spiro atoms. The Kier molecular flexibility index (Phi) is 2.54. The molecule has 0 aliphatic carbocycles. The highest BCUT2D eigenvalue weighted by molar-refractivity contribution is 5.76. The number of carboxylic acids is 1. The SMILES string of the molecule is CC(Nc1nc2c(ncn2C)c(=O)[nH]1)C(=O)O. The van der Waals surface area contributed by atoms with Crippen LogP contribution in [0.15, 0.2) is 11.1 Å². The fourth-order valence-corrected chi connectivity index (χ4v) is 1.35. The van der Waals surface area contributed by atoms with E-state index < -0.39 is 17.6 Å². The minimum Gasteiger partial charge on any atom is -0.480 e. The van der Waals surface area contributed by atoms with Gasteiger partial charge in [-0.3, -0.25) is 14.6 Å². The first kappa shape index (κ1) is 11.1. The lowest BCUT2D eigenvalue weighted by Crippen LogP contribution is -2.27. The molecule has 0 saturated carbocycles. The van der Waals surface area contributed by atoms with E-state index in [1.54, 1.807) is 11.6 Å².